The Morgan fingerprint density at radius 1 is 1.14 bits per heavy atom. The van der Waals surface area contributed by atoms with Crippen LogP contribution in [0, 0.1) is 18.8 Å². The number of hydrogen-bond acceptors (Lipinski definition) is 5. The molecule has 2 atom stereocenters. The van der Waals surface area contributed by atoms with Crippen LogP contribution in [0.2, 0.25) is 5.15 Å². The van der Waals surface area contributed by atoms with Crippen LogP contribution in [-0.4, -0.2) is 39.0 Å². The van der Waals surface area contributed by atoms with Gasteiger partial charge in [-0.2, -0.15) is 5.10 Å². The number of benzene rings is 1. The van der Waals surface area contributed by atoms with E-state index in [4.69, 9.17) is 16.3 Å². The highest BCUT2D eigenvalue weighted by Gasteiger charge is 2.48. The Balaban J connectivity index is 1.41. The van der Waals surface area contributed by atoms with E-state index in [0.29, 0.717) is 29.3 Å². The number of aromatic nitrogens is 2. The first-order chi connectivity index (χ1) is 14.0. The van der Waals surface area contributed by atoms with E-state index in [0.717, 1.165) is 23.4 Å². The zero-order valence-corrected chi connectivity index (χ0v) is 16.9. The van der Waals surface area contributed by atoms with Crippen LogP contribution in [0.4, 0.5) is 0 Å². The third-order valence-corrected chi connectivity index (χ3v) is 6.11. The highest BCUT2D eigenvalue weighted by Crippen LogP contribution is 2.37. The van der Waals surface area contributed by atoms with Gasteiger partial charge >= 0.3 is 5.97 Å². The second-order valence-electron chi connectivity index (χ2n) is 7.52. The monoisotopic (exact) mass is 415 g/mol. The van der Waals surface area contributed by atoms with Crippen LogP contribution in [0.3, 0.4) is 0 Å². The Morgan fingerprint density at radius 3 is 2.38 bits per heavy atom. The molecule has 0 radical (unpaired) electrons. The van der Waals surface area contributed by atoms with Crippen LogP contribution in [-0.2, 0) is 25.7 Å². The molecule has 1 saturated heterocycles. The highest BCUT2D eigenvalue weighted by atomic mass is 35.5. The van der Waals surface area contributed by atoms with E-state index in [1.54, 1.807) is 11.6 Å². The van der Waals surface area contributed by atoms with E-state index in [1.807, 2.05) is 30.3 Å². The van der Waals surface area contributed by atoms with Gasteiger partial charge in [0.1, 0.15) is 18.3 Å². The normalized spacial score (nSPS) is 21.4. The number of imide groups is 1. The lowest BCUT2D eigenvalue weighted by Crippen LogP contribution is -2.36. The number of esters is 1. The number of aryl methyl sites for hydroxylation is 1. The van der Waals surface area contributed by atoms with Gasteiger partial charge < -0.3 is 4.74 Å². The quantitative estimate of drug-likeness (QED) is 0.553. The lowest BCUT2D eigenvalue weighted by atomic mass is 9.81. The molecule has 4 rings (SSSR count). The molecule has 2 aliphatic rings. The van der Waals surface area contributed by atoms with E-state index in [2.05, 4.69) is 5.10 Å². The number of halogens is 1. The summed E-state index contributed by atoms with van der Waals surface area (Å²) in [7, 11) is 0. The number of carbonyl (C=O) groups excluding carboxylic acids is 3. The Hall–Kier alpha value is -2.67. The molecule has 1 aliphatic heterocycles. The summed E-state index contributed by atoms with van der Waals surface area (Å²) in [6.45, 7) is 1.36. The molecule has 152 valence electrons. The molecule has 2 heterocycles. The van der Waals surface area contributed by atoms with Gasteiger partial charge in [0.2, 0.25) is 11.8 Å². The molecule has 2 unspecified atom stereocenters. The van der Waals surface area contributed by atoms with Crippen molar-refractivity contribution >= 4 is 29.4 Å². The van der Waals surface area contributed by atoms with E-state index in [9.17, 15) is 14.4 Å². The van der Waals surface area contributed by atoms with Gasteiger partial charge in [-0.05, 0) is 31.9 Å². The molecule has 7 nitrogen and oxygen atoms in total. The van der Waals surface area contributed by atoms with Crippen LogP contribution >= 0.6 is 11.6 Å². The van der Waals surface area contributed by atoms with Crippen molar-refractivity contribution in [3.8, 4) is 5.69 Å². The molecular weight excluding hydrogens is 394 g/mol. The third-order valence-electron chi connectivity index (χ3n) is 5.72. The minimum atomic E-state index is -0.631. The summed E-state index contributed by atoms with van der Waals surface area (Å²) in [6.07, 6.45) is 3.33. The minimum Gasteiger partial charge on any atom is -0.459 e. The van der Waals surface area contributed by atoms with E-state index >= 15 is 0 Å². The molecule has 8 heteroatoms. The summed E-state index contributed by atoms with van der Waals surface area (Å²) in [5, 5.41) is 4.77. The summed E-state index contributed by atoms with van der Waals surface area (Å²) in [4.78, 5) is 38.4. The fraction of sp³-hybridized carbons (Fsp3) is 0.429. The highest BCUT2D eigenvalue weighted by molar-refractivity contribution is 6.30. The predicted octanol–water partition coefficient (Wildman–Crippen LogP) is 3.05. The maximum Gasteiger partial charge on any atom is 0.326 e. The standard InChI is InChI=1S/C21H22ClN3O4/c1-13-17(19(22)25(23-13)14-7-3-2-4-8-14)12-29-18(26)11-24-20(27)15-9-5-6-10-16(15)21(24)28/h2-4,7-8,15-16H,5-6,9-12H2,1H3. The number of fused-ring (bicyclic) bond motifs is 1. The molecule has 0 spiro atoms. The molecule has 1 aliphatic carbocycles. The van der Waals surface area contributed by atoms with Gasteiger partial charge in [0, 0.05) is 5.56 Å². The maximum absolute atomic E-state index is 12.5. The molecule has 2 aromatic rings. The van der Waals surface area contributed by atoms with Crippen molar-refractivity contribution in [3.05, 3.63) is 46.7 Å². The smallest absolute Gasteiger partial charge is 0.326 e. The fourth-order valence-corrected chi connectivity index (χ4v) is 4.48. The first kappa shape index (κ1) is 19.6. The average molecular weight is 416 g/mol. The van der Waals surface area contributed by atoms with Gasteiger partial charge in [0.15, 0.2) is 0 Å². The van der Waals surface area contributed by atoms with E-state index in [1.165, 1.54) is 0 Å². The van der Waals surface area contributed by atoms with Crippen molar-refractivity contribution < 1.29 is 19.1 Å². The van der Waals surface area contributed by atoms with E-state index < -0.39 is 5.97 Å². The lowest BCUT2D eigenvalue weighted by molar-refractivity contribution is -0.153. The Bertz CT molecular complexity index is 932. The van der Waals surface area contributed by atoms with Gasteiger partial charge in [-0.25, -0.2) is 4.68 Å². The van der Waals surface area contributed by atoms with Crippen LogP contribution in [0.15, 0.2) is 30.3 Å². The van der Waals surface area contributed by atoms with Crippen LogP contribution in [0.5, 0.6) is 0 Å². The van der Waals surface area contributed by atoms with Crippen molar-refractivity contribution in [2.45, 2.75) is 39.2 Å². The second kappa shape index (κ2) is 7.99. The van der Waals surface area contributed by atoms with E-state index in [-0.39, 0.29) is 36.8 Å². The summed E-state index contributed by atoms with van der Waals surface area (Å²) < 4.78 is 6.91. The van der Waals surface area contributed by atoms with Crippen molar-refractivity contribution in [2.24, 2.45) is 11.8 Å². The summed E-state index contributed by atoms with van der Waals surface area (Å²) in [5.74, 6) is -1.67. The first-order valence-electron chi connectivity index (χ1n) is 9.77. The zero-order valence-electron chi connectivity index (χ0n) is 16.1. The van der Waals surface area contributed by atoms with Crippen LogP contribution in [0.1, 0.15) is 36.9 Å². The number of rotatable bonds is 5. The second-order valence-corrected chi connectivity index (χ2v) is 7.88. The Kier molecular flexibility index (Phi) is 5.41. The molecule has 1 saturated carbocycles. The number of nitrogens with zero attached hydrogens (tertiary/aromatic N) is 3. The van der Waals surface area contributed by atoms with Gasteiger partial charge in [0.05, 0.1) is 23.2 Å². The molecule has 29 heavy (non-hydrogen) atoms. The summed E-state index contributed by atoms with van der Waals surface area (Å²) >= 11 is 6.44. The lowest BCUT2D eigenvalue weighted by Gasteiger charge is -2.19. The number of carbonyl (C=O) groups is 3. The number of amides is 2. The fourth-order valence-electron chi connectivity index (χ4n) is 4.15. The molecule has 1 aromatic carbocycles. The SMILES string of the molecule is Cc1nn(-c2ccccc2)c(Cl)c1COC(=O)CN1C(=O)C2CCCCC2C1=O. The largest absolute Gasteiger partial charge is 0.459 e. The maximum atomic E-state index is 12.5. The van der Waals surface area contributed by atoms with Gasteiger partial charge in [-0.15, -0.1) is 0 Å². The molecule has 2 fully saturated rings. The summed E-state index contributed by atoms with van der Waals surface area (Å²) in [6, 6.07) is 9.40. The Labute approximate surface area is 173 Å². The van der Waals surface area contributed by atoms with Crippen LogP contribution < -0.4 is 0 Å². The number of ether oxygens (including phenoxy) is 1. The van der Waals surface area contributed by atoms with Crippen molar-refractivity contribution in [2.75, 3.05) is 6.54 Å². The predicted molar refractivity (Wildman–Crippen MR) is 105 cm³/mol. The van der Waals surface area contributed by atoms with Crippen molar-refractivity contribution in [1.82, 2.24) is 14.7 Å². The van der Waals surface area contributed by atoms with Gasteiger partial charge in [0.25, 0.3) is 0 Å². The number of para-hydroxylation sites is 1. The van der Waals surface area contributed by atoms with Gasteiger partial charge in [-0.3, -0.25) is 19.3 Å². The summed E-state index contributed by atoms with van der Waals surface area (Å²) in [5.41, 5.74) is 2.04. The topological polar surface area (TPSA) is 81.5 Å². The van der Waals surface area contributed by atoms with Crippen LogP contribution in [0.25, 0.3) is 5.69 Å². The number of hydrogen-bond donors (Lipinski definition) is 0. The molecule has 1 aromatic heterocycles. The molecule has 2 amide bonds. The molecule has 0 bridgehead atoms. The first-order valence-corrected chi connectivity index (χ1v) is 10.2. The average Bonchev–Trinajstić information content (AvgIpc) is 3.15. The zero-order chi connectivity index (χ0) is 20.5. The minimum absolute atomic E-state index is 0.0700. The molecule has 0 N–H and O–H groups in total. The van der Waals surface area contributed by atoms with Crippen molar-refractivity contribution in [1.29, 1.82) is 0 Å². The number of likely N-dealkylation sites (tertiary alicyclic amines) is 1. The van der Waals surface area contributed by atoms with Crippen molar-refractivity contribution in [3.63, 3.8) is 0 Å². The molecular formula is C21H22ClN3O4. The Morgan fingerprint density at radius 2 is 1.76 bits per heavy atom. The van der Waals surface area contributed by atoms with Gasteiger partial charge in [-0.1, -0.05) is 42.6 Å². The third kappa shape index (κ3) is 3.67.